The molecule has 278 valence electrons. The van der Waals surface area contributed by atoms with Crippen LogP contribution in [-0.4, -0.2) is 73.3 Å². The van der Waals surface area contributed by atoms with E-state index in [9.17, 15) is 34.5 Å². The van der Waals surface area contributed by atoms with Gasteiger partial charge in [-0.2, -0.15) is 0 Å². The first-order chi connectivity index (χ1) is 24.0. The summed E-state index contributed by atoms with van der Waals surface area (Å²) < 4.78 is 5.57. The number of hydrogen-bond donors (Lipinski definition) is 4. The van der Waals surface area contributed by atoms with E-state index < -0.39 is 57.3 Å². The lowest BCUT2D eigenvalue weighted by atomic mass is 9.54. The molecule has 2 aliphatic heterocycles. The SMILES string of the molecule is CC1=C[C@@H]2/C=C(\C)CC[C@@H](O)C(=O)C[C@@H](S[C@@H]3CCC[C@H](C)OC(=O)Cc4cc(O)cc(O)c4C(=O)C3)C(=O)[C@]23C(=O)N[C@@H](CC(C)C)[C@@H]3[C@@H]1C. The lowest BCUT2D eigenvalue weighted by molar-refractivity contribution is -0.148. The van der Waals surface area contributed by atoms with Crippen molar-refractivity contribution in [3.05, 3.63) is 46.6 Å². The molecule has 1 spiro atoms. The Hall–Kier alpha value is -3.44. The Morgan fingerprint density at radius 3 is 2.43 bits per heavy atom. The van der Waals surface area contributed by atoms with Crippen LogP contribution in [0.4, 0.5) is 0 Å². The first kappa shape index (κ1) is 38.8. The largest absolute Gasteiger partial charge is 0.508 e. The van der Waals surface area contributed by atoms with Crippen LogP contribution in [0, 0.1) is 29.1 Å². The number of aliphatic hydroxyl groups excluding tert-OH is 1. The van der Waals surface area contributed by atoms with Crippen molar-refractivity contribution in [1.82, 2.24) is 5.32 Å². The standard InChI is InChI=1S/C40H53NO9S/c1-20(2)12-29-37-24(6)22(4)14-26-13-21(3)10-11-30(43)31(44)19-34(38(48)40(26,37)39(49)41-29)51-28-9-7-8-23(5)50-35(47)16-25-15-27(42)17-32(45)36(25)33(46)18-28/h13-15,17,20,23-24,26,28-30,34,37,42-43,45H,7-12,16,18-19H2,1-6H3,(H,41,49)/b21-13+/t23-,24+,26-,28+,29-,30+,34+,37-,40-/m0/s1. The lowest BCUT2D eigenvalue weighted by Gasteiger charge is -2.46. The van der Waals surface area contributed by atoms with E-state index in [1.807, 2.05) is 26.0 Å². The van der Waals surface area contributed by atoms with Crippen molar-refractivity contribution in [1.29, 1.82) is 0 Å². The number of ether oxygens (including phenoxy) is 1. The number of amides is 1. The van der Waals surface area contributed by atoms with E-state index in [2.05, 4.69) is 26.1 Å². The number of ketones is 3. The molecule has 9 atom stereocenters. The molecular formula is C40H53NO9S. The normalized spacial score (nSPS) is 35.1. The van der Waals surface area contributed by atoms with Crippen molar-refractivity contribution < 1.29 is 44.0 Å². The van der Waals surface area contributed by atoms with Crippen LogP contribution in [0.25, 0.3) is 0 Å². The smallest absolute Gasteiger partial charge is 0.310 e. The maximum absolute atomic E-state index is 15.5. The van der Waals surface area contributed by atoms with Gasteiger partial charge in [0, 0.05) is 42.0 Å². The van der Waals surface area contributed by atoms with Crippen molar-refractivity contribution in [3.8, 4) is 11.5 Å². The van der Waals surface area contributed by atoms with Crippen LogP contribution in [0.5, 0.6) is 11.5 Å². The maximum atomic E-state index is 15.5. The number of hydrogen-bond acceptors (Lipinski definition) is 10. The summed E-state index contributed by atoms with van der Waals surface area (Å²) in [6, 6.07) is 2.06. The number of carbonyl (C=O) groups is 5. The molecule has 4 N–H and O–H groups in total. The molecule has 10 nitrogen and oxygen atoms in total. The molecule has 0 radical (unpaired) electrons. The summed E-state index contributed by atoms with van der Waals surface area (Å²) in [6.07, 6.45) is 4.31. The van der Waals surface area contributed by atoms with Gasteiger partial charge in [0.1, 0.15) is 23.0 Å². The predicted molar refractivity (Wildman–Crippen MR) is 194 cm³/mol. The fraction of sp³-hybridized carbons (Fsp3) is 0.625. The fourth-order valence-electron chi connectivity index (χ4n) is 8.85. The van der Waals surface area contributed by atoms with Gasteiger partial charge < -0.3 is 25.4 Å². The number of thioether (sulfide) groups is 1. The summed E-state index contributed by atoms with van der Waals surface area (Å²) in [5.41, 5.74) is 0.533. The second-order valence-corrected chi connectivity index (χ2v) is 17.2. The van der Waals surface area contributed by atoms with Gasteiger partial charge in [-0.1, -0.05) is 44.1 Å². The summed E-state index contributed by atoms with van der Waals surface area (Å²) in [6.45, 7) is 12.0. The van der Waals surface area contributed by atoms with E-state index in [0.717, 1.165) is 17.2 Å². The number of carbonyl (C=O) groups excluding carboxylic acids is 5. The highest BCUT2D eigenvalue weighted by Gasteiger charge is 2.66. The molecule has 2 aliphatic carbocycles. The fourth-order valence-corrected chi connectivity index (χ4v) is 10.4. The zero-order valence-electron chi connectivity index (χ0n) is 30.6. The Labute approximate surface area is 304 Å². The second-order valence-electron chi connectivity index (χ2n) is 15.7. The van der Waals surface area contributed by atoms with Crippen LogP contribution < -0.4 is 5.32 Å². The Bertz CT molecular complexity index is 1630. The first-order valence-electron chi connectivity index (χ1n) is 18.4. The number of rotatable bonds is 4. The molecule has 2 heterocycles. The lowest BCUT2D eigenvalue weighted by Crippen LogP contribution is -2.55. The average molecular weight is 724 g/mol. The number of fused-ring (bicyclic) bond motifs is 1. The molecule has 0 unspecified atom stereocenters. The molecule has 5 rings (SSSR count). The third-order valence-corrected chi connectivity index (χ3v) is 12.9. The van der Waals surface area contributed by atoms with Crippen molar-refractivity contribution in [3.63, 3.8) is 0 Å². The number of Topliss-reactive ketones (excluding diaryl/α,β-unsaturated/α-hetero) is 3. The zero-order valence-corrected chi connectivity index (χ0v) is 31.4. The number of aliphatic hydroxyl groups is 1. The summed E-state index contributed by atoms with van der Waals surface area (Å²) in [7, 11) is 0. The number of esters is 1. The summed E-state index contributed by atoms with van der Waals surface area (Å²) in [4.78, 5) is 70.4. The van der Waals surface area contributed by atoms with E-state index >= 15 is 4.79 Å². The predicted octanol–water partition coefficient (Wildman–Crippen LogP) is 5.79. The van der Waals surface area contributed by atoms with E-state index in [1.165, 1.54) is 17.8 Å². The topological polar surface area (TPSA) is 167 Å². The minimum absolute atomic E-state index is 0.0957. The van der Waals surface area contributed by atoms with E-state index in [0.29, 0.717) is 32.1 Å². The van der Waals surface area contributed by atoms with Crippen LogP contribution in [-0.2, 0) is 30.3 Å². The van der Waals surface area contributed by atoms with Crippen LogP contribution in [0.3, 0.4) is 0 Å². The van der Waals surface area contributed by atoms with Crippen LogP contribution in [0.15, 0.2) is 35.4 Å². The van der Waals surface area contributed by atoms with Crippen LogP contribution in [0.1, 0.15) is 109 Å². The van der Waals surface area contributed by atoms with Gasteiger partial charge in [0.25, 0.3) is 0 Å². The highest BCUT2D eigenvalue weighted by Crippen LogP contribution is 2.56. The third kappa shape index (κ3) is 7.99. The molecule has 0 aromatic heterocycles. The van der Waals surface area contributed by atoms with Gasteiger partial charge >= 0.3 is 5.97 Å². The number of cyclic esters (lactones) is 1. The molecule has 1 saturated heterocycles. The molecule has 1 fully saturated rings. The quantitative estimate of drug-likeness (QED) is 0.170. The zero-order chi connectivity index (χ0) is 37.4. The molecule has 11 heteroatoms. The Balaban J connectivity index is 1.61. The molecule has 1 aromatic carbocycles. The molecule has 4 aliphatic rings. The Morgan fingerprint density at radius 2 is 1.73 bits per heavy atom. The van der Waals surface area contributed by atoms with Gasteiger partial charge in [-0.3, -0.25) is 24.0 Å². The number of nitrogens with one attached hydrogen (secondary N) is 1. The number of phenolic OH excluding ortho intramolecular Hbond substituents is 2. The van der Waals surface area contributed by atoms with Crippen molar-refractivity contribution in [2.45, 2.75) is 128 Å². The van der Waals surface area contributed by atoms with Crippen LogP contribution >= 0.6 is 11.8 Å². The Morgan fingerprint density at radius 1 is 1.00 bits per heavy atom. The number of benzene rings is 1. The summed E-state index contributed by atoms with van der Waals surface area (Å²) in [5, 5.41) is 33.6. The highest BCUT2D eigenvalue weighted by molar-refractivity contribution is 8.01. The minimum Gasteiger partial charge on any atom is -0.508 e. The summed E-state index contributed by atoms with van der Waals surface area (Å²) in [5.74, 6) is -3.78. The minimum atomic E-state index is -1.49. The number of aromatic hydroxyl groups is 2. The number of allylic oxidation sites excluding steroid dienone is 4. The van der Waals surface area contributed by atoms with Gasteiger partial charge in [0.15, 0.2) is 17.3 Å². The van der Waals surface area contributed by atoms with Gasteiger partial charge in [-0.25, -0.2) is 0 Å². The maximum Gasteiger partial charge on any atom is 0.310 e. The van der Waals surface area contributed by atoms with Gasteiger partial charge in [0.2, 0.25) is 5.91 Å². The highest BCUT2D eigenvalue weighted by atomic mass is 32.2. The summed E-state index contributed by atoms with van der Waals surface area (Å²) >= 11 is 1.20. The Kier molecular flexibility index (Phi) is 11.9. The monoisotopic (exact) mass is 723 g/mol. The first-order valence-corrected chi connectivity index (χ1v) is 19.3. The van der Waals surface area contributed by atoms with Crippen molar-refractivity contribution >= 4 is 41.0 Å². The van der Waals surface area contributed by atoms with E-state index in [-0.39, 0.29) is 78.0 Å². The average Bonchev–Trinajstić information content (AvgIpc) is 3.31. The van der Waals surface area contributed by atoms with Crippen LogP contribution in [0.2, 0.25) is 0 Å². The van der Waals surface area contributed by atoms with Crippen molar-refractivity contribution in [2.24, 2.45) is 29.1 Å². The van der Waals surface area contributed by atoms with E-state index in [1.54, 1.807) is 6.92 Å². The van der Waals surface area contributed by atoms with Gasteiger partial charge in [-0.05, 0) is 82.8 Å². The van der Waals surface area contributed by atoms with Gasteiger partial charge in [-0.15, -0.1) is 11.8 Å². The molecular weight excluding hydrogens is 671 g/mol. The molecule has 1 aromatic rings. The van der Waals surface area contributed by atoms with Gasteiger partial charge in [0.05, 0.1) is 23.3 Å². The van der Waals surface area contributed by atoms with Crippen molar-refractivity contribution in [2.75, 3.05) is 0 Å². The number of phenols is 2. The molecule has 0 saturated carbocycles. The van der Waals surface area contributed by atoms with E-state index in [4.69, 9.17) is 4.74 Å². The molecule has 1 amide bonds. The third-order valence-electron chi connectivity index (χ3n) is 11.4. The second kappa shape index (κ2) is 15.7. The molecule has 51 heavy (non-hydrogen) atoms. The molecule has 0 bridgehead atoms.